The van der Waals surface area contributed by atoms with E-state index in [9.17, 15) is 22.8 Å². The molecule has 14 heteroatoms. The van der Waals surface area contributed by atoms with Gasteiger partial charge in [-0.05, 0) is 92.4 Å². The summed E-state index contributed by atoms with van der Waals surface area (Å²) in [7, 11) is 0. The molecule has 0 aromatic heterocycles. The molecule has 4 rings (SSSR count). The first-order valence-electron chi connectivity index (χ1n) is 13.9. The van der Waals surface area contributed by atoms with Crippen LogP contribution >= 0.6 is 0 Å². The zero-order valence-electron chi connectivity index (χ0n) is 23.9. The quantitative estimate of drug-likeness (QED) is 0.197. The van der Waals surface area contributed by atoms with E-state index in [-0.39, 0.29) is 17.9 Å². The van der Waals surface area contributed by atoms with Crippen LogP contribution in [-0.4, -0.2) is 43.7 Å². The summed E-state index contributed by atoms with van der Waals surface area (Å²) < 4.78 is 47.2. The summed E-state index contributed by atoms with van der Waals surface area (Å²) >= 11 is 0. The second-order valence-electron chi connectivity index (χ2n) is 10.1. The van der Waals surface area contributed by atoms with Crippen LogP contribution < -0.4 is 24.6 Å². The summed E-state index contributed by atoms with van der Waals surface area (Å²) in [5, 5.41) is 8.40. The third-order valence-electron chi connectivity index (χ3n) is 6.93. The van der Waals surface area contributed by atoms with Crippen LogP contribution in [0.4, 0.5) is 24.5 Å². The van der Waals surface area contributed by atoms with Crippen LogP contribution in [0.5, 0.6) is 11.5 Å². The van der Waals surface area contributed by atoms with Gasteiger partial charge in [0.1, 0.15) is 11.5 Å². The maximum absolute atomic E-state index is 13.8. The number of nitrogens with zero attached hydrogens (tertiary/aromatic N) is 4. The van der Waals surface area contributed by atoms with Crippen molar-refractivity contribution in [2.24, 2.45) is 10.2 Å². The van der Waals surface area contributed by atoms with E-state index >= 15 is 0 Å². The standard InChI is InChI=1S/C30H32F3N7O4/c1-20(43-25-13-15-26(16-14-25)44-30(31,32)33)28(42)40(24-11-9-23(10-12-24)39-17-3-2-4-18-39)19-21-5-7-22(8-6-21)27(41)36-29(37-34)38-35/h5-16,20,29,34-35H,2-4,17-19H2,1H3,(H,36,41). The highest BCUT2D eigenvalue weighted by atomic mass is 19.4. The molecule has 0 spiro atoms. The third kappa shape index (κ3) is 8.75. The minimum Gasteiger partial charge on any atom is -0.481 e. The van der Waals surface area contributed by atoms with E-state index < -0.39 is 36.3 Å². The number of rotatable bonds is 12. The lowest BCUT2D eigenvalue weighted by Crippen LogP contribution is -2.40. The van der Waals surface area contributed by atoms with Crippen LogP contribution in [0.3, 0.4) is 0 Å². The van der Waals surface area contributed by atoms with Crippen molar-refractivity contribution in [2.75, 3.05) is 22.9 Å². The SMILES string of the molecule is CC(Oc1ccc(OC(F)(F)F)cc1)C(=O)N(Cc1ccc(C(=O)NC(N=N)N=N)cc1)c1ccc(N2CCCCC2)cc1. The summed E-state index contributed by atoms with van der Waals surface area (Å²) in [5.74, 6) is -1.18. The van der Waals surface area contributed by atoms with Gasteiger partial charge < -0.3 is 24.6 Å². The number of nitrogens with one attached hydrogen (secondary N) is 3. The summed E-state index contributed by atoms with van der Waals surface area (Å²) in [6.45, 7) is 3.61. The molecule has 1 aliphatic heterocycles. The summed E-state index contributed by atoms with van der Waals surface area (Å²) in [6, 6.07) is 18.9. The number of ether oxygens (including phenoxy) is 2. The first-order chi connectivity index (χ1) is 21.1. The van der Waals surface area contributed by atoms with Gasteiger partial charge in [-0.2, -0.15) is 0 Å². The predicted octanol–water partition coefficient (Wildman–Crippen LogP) is 6.65. The zero-order chi connectivity index (χ0) is 31.7. The third-order valence-corrected chi connectivity index (χ3v) is 6.93. The molecule has 1 atom stereocenters. The number of halogens is 3. The Bertz CT molecular complexity index is 1420. The van der Waals surface area contributed by atoms with Gasteiger partial charge in [-0.15, -0.1) is 23.4 Å². The van der Waals surface area contributed by atoms with Crippen molar-refractivity contribution in [3.63, 3.8) is 0 Å². The first-order valence-corrected chi connectivity index (χ1v) is 13.9. The number of hydrogen-bond acceptors (Lipinski definition) is 9. The highest BCUT2D eigenvalue weighted by Gasteiger charge is 2.31. The van der Waals surface area contributed by atoms with Gasteiger partial charge >= 0.3 is 6.36 Å². The Balaban J connectivity index is 1.53. The molecule has 1 heterocycles. The molecule has 232 valence electrons. The molecule has 0 radical (unpaired) electrons. The van der Waals surface area contributed by atoms with Crippen molar-refractivity contribution in [1.29, 1.82) is 11.1 Å². The Morgan fingerprint density at radius 3 is 2.07 bits per heavy atom. The van der Waals surface area contributed by atoms with E-state index in [4.69, 9.17) is 15.8 Å². The van der Waals surface area contributed by atoms with E-state index in [0.29, 0.717) is 11.3 Å². The van der Waals surface area contributed by atoms with Crippen LogP contribution in [-0.2, 0) is 11.3 Å². The van der Waals surface area contributed by atoms with Crippen molar-refractivity contribution >= 4 is 23.2 Å². The van der Waals surface area contributed by atoms with Crippen LogP contribution in [0, 0.1) is 11.1 Å². The van der Waals surface area contributed by atoms with E-state index in [1.165, 1.54) is 23.5 Å². The second-order valence-corrected chi connectivity index (χ2v) is 10.1. The van der Waals surface area contributed by atoms with Gasteiger partial charge in [0.05, 0.1) is 6.54 Å². The molecule has 0 saturated carbocycles. The highest BCUT2D eigenvalue weighted by molar-refractivity contribution is 5.97. The van der Waals surface area contributed by atoms with Gasteiger partial charge in [-0.3, -0.25) is 9.59 Å². The van der Waals surface area contributed by atoms with Gasteiger partial charge in [-0.25, -0.2) is 11.1 Å². The van der Waals surface area contributed by atoms with Gasteiger partial charge in [0.15, 0.2) is 6.10 Å². The molecule has 3 aromatic rings. The molecule has 0 bridgehead atoms. The Morgan fingerprint density at radius 1 is 0.909 bits per heavy atom. The van der Waals surface area contributed by atoms with Crippen LogP contribution in [0.1, 0.15) is 42.1 Å². The Kier molecular flexibility index (Phi) is 10.5. The molecule has 2 amide bonds. The zero-order valence-corrected chi connectivity index (χ0v) is 23.9. The smallest absolute Gasteiger partial charge is 0.481 e. The van der Waals surface area contributed by atoms with Crippen molar-refractivity contribution in [1.82, 2.24) is 5.32 Å². The van der Waals surface area contributed by atoms with E-state index in [1.807, 2.05) is 24.3 Å². The fourth-order valence-corrected chi connectivity index (χ4v) is 4.72. The first kappa shape index (κ1) is 31.9. The van der Waals surface area contributed by atoms with Gasteiger partial charge in [0, 0.05) is 30.0 Å². The molecule has 44 heavy (non-hydrogen) atoms. The Labute approximate surface area is 252 Å². The molecule has 3 aromatic carbocycles. The van der Waals surface area contributed by atoms with Crippen molar-refractivity contribution in [3.05, 3.63) is 83.9 Å². The number of amides is 2. The minimum absolute atomic E-state index is 0.128. The topological polar surface area (TPSA) is 144 Å². The van der Waals surface area contributed by atoms with Crippen molar-refractivity contribution in [2.45, 2.75) is 51.5 Å². The molecule has 1 unspecified atom stereocenters. The largest absolute Gasteiger partial charge is 0.573 e. The van der Waals surface area contributed by atoms with Gasteiger partial charge in [-0.1, -0.05) is 12.1 Å². The summed E-state index contributed by atoms with van der Waals surface area (Å²) in [4.78, 5) is 30.0. The van der Waals surface area contributed by atoms with Crippen molar-refractivity contribution in [3.8, 4) is 11.5 Å². The highest BCUT2D eigenvalue weighted by Crippen LogP contribution is 2.28. The number of benzene rings is 3. The maximum atomic E-state index is 13.8. The fraction of sp³-hybridized carbons (Fsp3) is 0.333. The van der Waals surface area contributed by atoms with Crippen LogP contribution in [0.2, 0.25) is 0 Å². The summed E-state index contributed by atoms with van der Waals surface area (Å²) in [5.41, 5.74) is 16.5. The van der Waals surface area contributed by atoms with E-state index in [0.717, 1.165) is 43.8 Å². The maximum Gasteiger partial charge on any atom is 0.573 e. The van der Waals surface area contributed by atoms with Gasteiger partial charge in [0.2, 0.25) is 0 Å². The molecule has 1 saturated heterocycles. The number of anilines is 2. The molecule has 1 aliphatic rings. The van der Waals surface area contributed by atoms with Gasteiger partial charge in [0.25, 0.3) is 18.1 Å². The fourth-order valence-electron chi connectivity index (χ4n) is 4.72. The van der Waals surface area contributed by atoms with E-state index in [1.54, 1.807) is 31.2 Å². The van der Waals surface area contributed by atoms with Crippen LogP contribution in [0.15, 0.2) is 83.0 Å². The number of hydrogen-bond donors (Lipinski definition) is 3. The number of piperidine rings is 1. The average Bonchev–Trinajstić information content (AvgIpc) is 3.03. The lowest BCUT2D eigenvalue weighted by atomic mass is 10.1. The lowest BCUT2D eigenvalue weighted by Gasteiger charge is -2.30. The molecule has 11 nitrogen and oxygen atoms in total. The lowest BCUT2D eigenvalue weighted by molar-refractivity contribution is -0.274. The molecule has 3 N–H and O–H groups in total. The number of carbonyl (C=O) groups excluding carboxylic acids is 2. The molecule has 0 aliphatic carbocycles. The Hall–Kier alpha value is -5.01. The monoisotopic (exact) mass is 611 g/mol. The normalized spacial score (nSPS) is 14.6. The Morgan fingerprint density at radius 2 is 1.50 bits per heavy atom. The number of alkyl halides is 3. The predicted molar refractivity (Wildman–Crippen MR) is 155 cm³/mol. The molecule has 1 fully saturated rings. The summed E-state index contributed by atoms with van der Waals surface area (Å²) in [6.07, 6.45) is -3.69. The molecular weight excluding hydrogens is 579 g/mol. The van der Waals surface area contributed by atoms with Crippen molar-refractivity contribution < 1.29 is 32.2 Å². The van der Waals surface area contributed by atoms with E-state index in [2.05, 4.69) is 25.2 Å². The number of carbonyl (C=O) groups is 2. The van der Waals surface area contributed by atoms with Crippen LogP contribution in [0.25, 0.3) is 0 Å². The molecular formula is C30H32F3N7O4. The minimum atomic E-state index is -4.82. The average molecular weight is 612 g/mol. The second kappa shape index (κ2) is 14.4.